The van der Waals surface area contributed by atoms with Crippen LogP contribution in [0.3, 0.4) is 0 Å². The van der Waals surface area contributed by atoms with E-state index in [-0.39, 0.29) is 0 Å². The van der Waals surface area contributed by atoms with Gasteiger partial charge >= 0.3 is 0 Å². The molecule has 3 heteroatoms. The highest BCUT2D eigenvalue weighted by Crippen LogP contribution is 2.05. The highest BCUT2D eigenvalue weighted by Gasteiger charge is 1.97. The number of aromatic nitrogens is 2. The minimum atomic E-state index is 0.467. The van der Waals surface area contributed by atoms with Crippen molar-refractivity contribution in [3.8, 4) is 0 Å². The summed E-state index contributed by atoms with van der Waals surface area (Å²) in [7, 11) is 0. The Kier molecular flexibility index (Phi) is 2.22. The van der Waals surface area contributed by atoms with E-state index < -0.39 is 0 Å². The molecule has 1 aromatic heterocycles. The molecule has 0 saturated heterocycles. The molecule has 0 spiro atoms. The monoisotopic (exact) mass is 156 g/mol. The maximum absolute atomic E-state index is 5.61. The van der Waals surface area contributed by atoms with Crippen LogP contribution >= 0.6 is 11.6 Å². The van der Waals surface area contributed by atoms with E-state index in [1.807, 2.05) is 13.8 Å². The molecule has 0 aliphatic rings. The van der Waals surface area contributed by atoms with Crippen molar-refractivity contribution in [2.45, 2.75) is 19.7 Å². The van der Waals surface area contributed by atoms with Crippen molar-refractivity contribution in [3.05, 3.63) is 23.3 Å². The molecule has 0 radical (unpaired) electrons. The highest BCUT2D eigenvalue weighted by atomic mass is 35.5. The van der Waals surface area contributed by atoms with E-state index in [0.29, 0.717) is 5.88 Å². The van der Waals surface area contributed by atoms with Gasteiger partial charge in [0.15, 0.2) is 0 Å². The second kappa shape index (κ2) is 2.97. The summed E-state index contributed by atoms with van der Waals surface area (Å²) in [5.74, 6) is 1.25. The Labute approximate surface area is 65.3 Å². The van der Waals surface area contributed by atoms with Gasteiger partial charge < -0.3 is 0 Å². The zero-order valence-electron chi connectivity index (χ0n) is 6.06. The third-order valence-electron chi connectivity index (χ3n) is 1.32. The topological polar surface area (TPSA) is 25.8 Å². The van der Waals surface area contributed by atoms with Crippen molar-refractivity contribution in [1.29, 1.82) is 0 Å². The second-order valence-electron chi connectivity index (χ2n) is 2.18. The number of alkyl halides is 1. The summed E-state index contributed by atoms with van der Waals surface area (Å²) in [6.45, 7) is 3.81. The van der Waals surface area contributed by atoms with Gasteiger partial charge in [-0.15, -0.1) is 11.6 Å². The molecule has 1 aromatic rings. The number of nitrogens with zero attached hydrogens (tertiary/aromatic N) is 2. The molecule has 0 aliphatic heterocycles. The van der Waals surface area contributed by atoms with Crippen molar-refractivity contribution >= 4 is 11.6 Å². The molecule has 0 bridgehead atoms. The smallest absolute Gasteiger partial charge is 0.125 e. The van der Waals surface area contributed by atoms with Crippen LogP contribution in [0.25, 0.3) is 0 Å². The number of hydrogen-bond acceptors (Lipinski definition) is 2. The van der Waals surface area contributed by atoms with Crippen LogP contribution in [0.5, 0.6) is 0 Å². The molecular formula is C7H9ClN2. The molecule has 1 rings (SSSR count). The molecule has 54 valence electrons. The first kappa shape index (κ1) is 7.48. The van der Waals surface area contributed by atoms with Gasteiger partial charge in [0.1, 0.15) is 5.82 Å². The zero-order valence-corrected chi connectivity index (χ0v) is 6.81. The van der Waals surface area contributed by atoms with Gasteiger partial charge in [-0.1, -0.05) is 0 Å². The highest BCUT2D eigenvalue weighted by molar-refractivity contribution is 6.16. The van der Waals surface area contributed by atoms with E-state index in [2.05, 4.69) is 9.97 Å². The quantitative estimate of drug-likeness (QED) is 0.580. The SMILES string of the molecule is Cc1ncc(C)c(CCl)n1. The third-order valence-corrected chi connectivity index (χ3v) is 1.58. The standard InChI is InChI=1S/C7H9ClN2/c1-5-4-9-6(2)10-7(5)3-8/h4H,3H2,1-2H3. The Morgan fingerprint density at radius 2 is 2.20 bits per heavy atom. The third kappa shape index (κ3) is 1.45. The fraction of sp³-hybridized carbons (Fsp3) is 0.429. The van der Waals surface area contributed by atoms with Crippen LogP contribution in [-0.4, -0.2) is 9.97 Å². The van der Waals surface area contributed by atoms with Crippen LogP contribution in [0, 0.1) is 13.8 Å². The lowest BCUT2D eigenvalue weighted by molar-refractivity contribution is 0.975. The van der Waals surface area contributed by atoms with Crippen molar-refractivity contribution in [2.75, 3.05) is 0 Å². The molecule has 0 unspecified atom stereocenters. The van der Waals surface area contributed by atoms with Gasteiger partial charge in [-0.3, -0.25) is 0 Å². The Balaban J connectivity index is 3.09. The Bertz CT molecular complexity index is 235. The molecule has 0 aromatic carbocycles. The second-order valence-corrected chi connectivity index (χ2v) is 2.45. The van der Waals surface area contributed by atoms with E-state index >= 15 is 0 Å². The van der Waals surface area contributed by atoms with Crippen molar-refractivity contribution in [3.63, 3.8) is 0 Å². The van der Waals surface area contributed by atoms with Gasteiger partial charge in [0, 0.05) is 6.20 Å². The van der Waals surface area contributed by atoms with Gasteiger partial charge in [-0.05, 0) is 19.4 Å². The largest absolute Gasteiger partial charge is 0.241 e. The Morgan fingerprint density at radius 3 is 2.70 bits per heavy atom. The van der Waals surface area contributed by atoms with Crippen molar-refractivity contribution < 1.29 is 0 Å². The van der Waals surface area contributed by atoms with Gasteiger partial charge in [0.05, 0.1) is 11.6 Å². The predicted molar refractivity (Wildman–Crippen MR) is 41.1 cm³/mol. The van der Waals surface area contributed by atoms with Crippen LogP contribution < -0.4 is 0 Å². The van der Waals surface area contributed by atoms with Crippen molar-refractivity contribution in [1.82, 2.24) is 9.97 Å². The average molecular weight is 157 g/mol. The molecule has 10 heavy (non-hydrogen) atoms. The molecule has 0 N–H and O–H groups in total. The number of rotatable bonds is 1. The van der Waals surface area contributed by atoms with Gasteiger partial charge in [-0.2, -0.15) is 0 Å². The lowest BCUT2D eigenvalue weighted by Crippen LogP contribution is -1.95. The number of hydrogen-bond donors (Lipinski definition) is 0. The summed E-state index contributed by atoms with van der Waals surface area (Å²) in [6.07, 6.45) is 1.79. The summed E-state index contributed by atoms with van der Waals surface area (Å²) in [4.78, 5) is 8.17. The van der Waals surface area contributed by atoms with Crippen LogP contribution in [0.15, 0.2) is 6.20 Å². The van der Waals surface area contributed by atoms with Crippen LogP contribution in [0.4, 0.5) is 0 Å². The van der Waals surface area contributed by atoms with Gasteiger partial charge in [0.2, 0.25) is 0 Å². The summed E-state index contributed by atoms with van der Waals surface area (Å²) < 4.78 is 0. The summed E-state index contributed by atoms with van der Waals surface area (Å²) >= 11 is 5.61. The Morgan fingerprint density at radius 1 is 1.50 bits per heavy atom. The lowest BCUT2D eigenvalue weighted by Gasteiger charge is -1.99. The Hall–Kier alpha value is -0.630. The van der Waals surface area contributed by atoms with E-state index in [4.69, 9.17) is 11.6 Å². The van der Waals surface area contributed by atoms with Crippen LogP contribution in [-0.2, 0) is 5.88 Å². The van der Waals surface area contributed by atoms with E-state index in [1.165, 1.54) is 0 Å². The summed E-state index contributed by atoms with van der Waals surface area (Å²) in [5, 5.41) is 0. The molecule has 0 amide bonds. The first-order chi connectivity index (χ1) is 4.74. The molecule has 0 fully saturated rings. The zero-order chi connectivity index (χ0) is 7.56. The lowest BCUT2D eigenvalue weighted by atomic mass is 10.3. The molecule has 0 saturated carbocycles. The average Bonchev–Trinajstić information content (AvgIpc) is 1.94. The molecule has 1 heterocycles. The molecule has 0 aliphatic carbocycles. The number of aryl methyl sites for hydroxylation is 2. The summed E-state index contributed by atoms with van der Waals surface area (Å²) in [5.41, 5.74) is 1.98. The fourth-order valence-electron chi connectivity index (χ4n) is 0.712. The van der Waals surface area contributed by atoms with Crippen LogP contribution in [0.1, 0.15) is 17.1 Å². The van der Waals surface area contributed by atoms with E-state index in [9.17, 15) is 0 Å². The maximum atomic E-state index is 5.61. The molecule has 2 nitrogen and oxygen atoms in total. The minimum Gasteiger partial charge on any atom is -0.241 e. The first-order valence-corrected chi connectivity index (χ1v) is 3.62. The van der Waals surface area contributed by atoms with Crippen molar-refractivity contribution in [2.24, 2.45) is 0 Å². The van der Waals surface area contributed by atoms with Gasteiger partial charge in [-0.25, -0.2) is 9.97 Å². The van der Waals surface area contributed by atoms with E-state index in [1.54, 1.807) is 6.20 Å². The van der Waals surface area contributed by atoms with Gasteiger partial charge in [0.25, 0.3) is 0 Å². The minimum absolute atomic E-state index is 0.467. The summed E-state index contributed by atoms with van der Waals surface area (Å²) in [6, 6.07) is 0. The molecular weight excluding hydrogens is 148 g/mol. The first-order valence-electron chi connectivity index (χ1n) is 3.09. The normalized spacial score (nSPS) is 9.90. The number of halogens is 1. The molecule has 0 atom stereocenters. The maximum Gasteiger partial charge on any atom is 0.125 e. The van der Waals surface area contributed by atoms with E-state index in [0.717, 1.165) is 17.1 Å². The predicted octanol–water partition coefficient (Wildman–Crippen LogP) is 1.83. The van der Waals surface area contributed by atoms with Crippen LogP contribution in [0.2, 0.25) is 0 Å². The fourth-order valence-corrected chi connectivity index (χ4v) is 0.983.